The van der Waals surface area contributed by atoms with Crippen molar-refractivity contribution in [1.82, 2.24) is 5.32 Å². The molecule has 2 N–H and O–H groups in total. The van der Waals surface area contributed by atoms with Gasteiger partial charge in [0.1, 0.15) is 17.4 Å². The number of benzene rings is 1. The predicted molar refractivity (Wildman–Crippen MR) is 68.3 cm³/mol. The van der Waals surface area contributed by atoms with E-state index < -0.39 is 5.60 Å². The maximum atomic E-state index is 12.0. The van der Waals surface area contributed by atoms with E-state index >= 15 is 0 Å². The quantitative estimate of drug-likeness (QED) is 0.744. The minimum absolute atomic E-state index is 0.221. The molecular formula is C14H19NO3. The van der Waals surface area contributed by atoms with Crippen LogP contribution in [-0.4, -0.2) is 22.7 Å². The molecule has 18 heavy (non-hydrogen) atoms. The molecule has 98 valence electrons. The Labute approximate surface area is 107 Å². The van der Waals surface area contributed by atoms with Crippen LogP contribution in [0.3, 0.4) is 0 Å². The number of carbonyl (C=O) groups excluding carboxylic acids is 1. The minimum atomic E-state index is -0.464. The Kier molecular flexibility index (Phi) is 3.30. The number of ether oxygens (including phenoxy) is 1. The smallest absolute Gasteiger partial charge is 0.324 e. The lowest BCUT2D eigenvalue weighted by atomic mass is 9.95. The van der Waals surface area contributed by atoms with Crippen LogP contribution in [0.5, 0.6) is 5.75 Å². The molecule has 4 heteroatoms. The Hall–Kier alpha value is -1.55. The van der Waals surface area contributed by atoms with Crippen LogP contribution in [0.4, 0.5) is 0 Å². The van der Waals surface area contributed by atoms with Gasteiger partial charge in [0.2, 0.25) is 0 Å². The molecule has 0 bridgehead atoms. The van der Waals surface area contributed by atoms with Gasteiger partial charge in [-0.05, 0) is 50.5 Å². The number of nitrogens with one attached hydrogen (secondary N) is 1. The van der Waals surface area contributed by atoms with Crippen LogP contribution in [0.25, 0.3) is 0 Å². The maximum absolute atomic E-state index is 12.0. The van der Waals surface area contributed by atoms with Crippen molar-refractivity contribution in [3.63, 3.8) is 0 Å². The van der Waals surface area contributed by atoms with Crippen molar-refractivity contribution in [2.75, 3.05) is 0 Å². The topological polar surface area (TPSA) is 58.6 Å². The van der Waals surface area contributed by atoms with Crippen molar-refractivity contribution in [1.29, 1.82) is 0 Å². The number of hydrogen-bond acceptors (Lipinski definition) is 4. The van der Waals surface area contributed by atoms with Crippen LogP contribution in [-0.2, 0) is 22.5 Å². The SMILES string of the molecule is CC(C)(C)OC(=O)[C@H]1Cc2ccc(O)cc2CN1. The van der Waals surface area contributed by atoms with Crippen LogP contribution in [0.2, 0.25) is 0 Å². The summed E-state index contributed by atoms with van der Waals surface area (Å²) in [5.41, 5.74) is 1.66. The molecule has 2 rings (SSSR count). The Balaban J connectivity index is 2.08. The average molecular weight is 249 g/mol. The number of phenolic OH excluding ortho intramolecular Hbond substituents is 1. The molecule has 1 atom stereocenters. The Morgan fingerprint density at radius 1 is 1.39 bits per heavy atom. The van der Waals surface area contributed by atoms with E-state index in [4.69, 9.17) is 4.74 Å². The van der Waals surface area contributed by atoms with Gasteiger partial charge in [0.15, 0.2) is 0 Å². The molecule has 0 fully saturated rings. The largest absolute Gasteiger partial charge is 0.508 e. The number of rotatable bonds is 1. The van der Waals surface area contributed by atoms with Gasteiger partial charge in [0, 0.05) is 6.54 Å². The van der Waals surface area contributed by atoms with Gasteiger partial charge in [0.05, 0.1) is 0 Å². The molecule has 1 aromatic rings. The monoisotopic (exact) mass is 249 g/mol. The first-order chi connectivity index (χ1) is 8.35. The van der Waals surface area contributed by atoms with Gasteiger partial charge in [0.25, 0.3) is 0 Å². The summed E-state index contributed by atoms with van der Waals surface area (Å²) in [6.07, 6.45) is 0.602. The molecule has 0 aliphatic carbocycles. The molecule has 0 aromatic heterocycles. The molecule has 4 nitrogen and oxygen atoms in total. The minimum Gasteiger partial charge on any atom is -0.508 e. The first-order valence-corrected chi connectivity index (χ1v) is 6.12. The molecule has 1 aliphatic rings. The van der Waals surface area contributed by atoms with Crippen molar-refractivity contribution in [3.8, 4) is 5.75 Å². The van der Waals surface area contributed by atoms with Gasteiger partial charge in [-0.15, -0.1) is 0 Å². The molecule has 0 unspecified atom stereocenters. The first-order valence-electron chi connectivity index (χ1n) is 6.12. The highest BCUT2D eigenvalue weighted by Crippen LogP contribution is 2.22. The van der Waals surface area contributed by atoms with Gasteiger partial charge in [-0.25, -0.2) is 0 Å². The van der Waals surface area contributed by atoms with E-state index in [0.717, 1.165) is 11.1 Å². The molecule has 1 aliphatic heterocycles. The van der Waals surface area contributed by atoms with E-state index in [1.54, 1.807) is 12.1 Å². The van der Waals surface area contributed by atoms with Gasteiger partial charge in [-0.2, -0.15) is 0 Å². The Bertz CT molecular complexity index is 463. The third kappa shape index (κ3) is 3.01. The summed E-state index contributed by atoms with van der Waals surface area (Å²) in [7, 11) is 0. The lowest BCUT2D eigenvalue weighted by Gasteiger charge is -2.28. The van der Waals surface area contributed by atoms with Crippen LogP contribution in [0.1, 0.15) is 31.9 Å². The first kappa shape index (κ1) is 12.9. The summed E-state index contributed by atoms with van der Waals surface area (Å²) >= 11 is 0. The maximum Gasteiger partial charge on any atom is 0.324 e. The standard InChI is InChI=1S/C14H19NO3/c1-14(2,3)18-13(17)12-7-9-4-5-11(16)6-10(9)8-15-12/h4-6,12,15-16H,7-8H2,1-3H3/t12-/m1/s1. The zero-order valence-corrected chi connectivity index (χ0v) is 11.0. The van der Waals surface area contributed by atoms with Gasteiger partial charge < -0.3 is 15.2 Å². The lowest BCUT2D eigenvalue weighted by molar-refractivity contribution is -0.157. The summed E-state index contributed by atoms with van der Waals surface area (Å²) in [5.74, 6) is 0.0347. The molecule has 0 saturated heterocycles. The second-order valence-corrected chi connectivity index (χ2v) is 5.62. The highest BCUT2D eigenvalue weighted by atomic mass is 16.6. The molecular weight excluding hydrogens is 230 g/mol. The average Bonchev–Trinajstić information content (AvgIpc) is 2.26. The Morgan fingerprint density at radius 3 is 2.78 bits per heavy atom. The molecule has 1 heterocycles. The van der Waals surface area contributed by atoms with Gasteiger partial charge in [-0.1, -0.05) is 6.07 Å². The second kappa shape index (κ2) is 4.61. The van der Waals surface area contributed by atoms with Crippen molar-refractivity contribution in [3.05, 3.63) is 29.3 Å². The van der Waals surface area contributed by atoms with E-state index in [0.29, 0.717) is 13.0 Å². The molecule has 0 amide bonds. The molecule has 0 saturated carbocycles. The zero-order valence-electron chi connectivity index (χ0n) is 11.0. The fourth-order valence-electron chi connectivity index (χ4n) is 2.04. The summed E-state index contributed by atoms with van der Waals surface area (Å²) < 4.78 is 5.37. The van der Waals surface area contributed by atoms with Crippen molar-refractivity contribution >= 4 is 5.97 Å². The third-order valence-corrected chi connectivity index (χ3v) is 2.84. The molecule has 0 radical (unpaired) electrons. The Morgan fingerprint density at radius 2 is 2.11 bits per heavy atom. The van der Waals surface area contributed by atoms with Crippen molar-refractivity contribution in [2.24, 2.45) is 0 Å². The third-order valence-electron chi connectivity index (χ3n) is 2.84. The fourth-order valence-corrected chi connectivity index (χ4v) is 2.04. The van der Waals surface area contributed by atoms with Crippen LogP contribution in [0.15, 0.2) is 18.2 Å². The highest BCUT2D eigenvalue weighted by Gasteiger charge is 2.28. The van der Waals surface area contributed by atoms with E-state index in [2.05, 4.69) is 5.32 Å². The van der Waals surface area contributed by atoms with E-state index in [-0.39, 0.29) is 17.8 Å². The lowest BCUT2D eigenvalue weighted by Crippen LogP contribution is -2.45. The number of fused-ring (bicyclic) bond motifs is 1. The van der Waals surface area contributed by atoms with Crippen LogP contribution in [0, 0.1) is 0 Å². The van der Waals surface area contributed by atoms with Gasteiger partial charge in [-0.3, -0.25) is 4.79 Å². The number of carbonyl (C=O) groups is 1. The van der Waals surface area contributed by atoms with Crippen LogP contribution < -0.4 is 5.32 Å². The summed E-state index contributed by atoms with van der Waals surface area (Å²) in [6, 6.07) is 4.94. The predicted octanol–water partition coefficient (Wildman–Crippen LogP) is 1.75. The van der Waals surface area contributed by atoms with Crippen molar-refractivity contribution in [2.45, 2.75) is 45.4 Å². The number of aromatic hydroxyl groups is 1. The summed E-state index contributed by atoms with van der Waals surface area (Å²) in [6.45, 7) is 6.16. The summed E-state index contributed by atoms with van der Waals surface area (Å²) in [4.78, 5) is 12.0. The highest BCUT2D eigenvalue weighted by molar-refractivity contribution is 5.77. The second-order valence-electron chi connectivity index (χ2n) is 5.62. The zero-order chi connectivity index (χ0) is 13.3. The number of phenols is 1. The van der Waals surface area contributed by atoms with E-state index in [9.17, 15) is 9.90 Å². The number of esters is 1. The fraction of sp³-hybridized carbons (Fsp3) is 0.500. The van der Waals surface area contributed by atoms with E-state index in [1.807, 2.05) is 26.8 Å². The molecule has 0 spiro atoms. The summed E-state index contributed by atoms with van der Waals surface area (Å²) in [5, 5.41) is 12.5. The van der Waals surface area contributed by atoms with E-state index in [1.165, 1.54) is 0 Å². The van der Waals surface area contributed by atoms with Gasteiger partial charge >= 0.3 is 5.97 Å². The van der Waals surface area contributed by atoms with Crippen molar-refractivity contribution < 1.29 is 14.6 Å². The van der Waals surface area contributed by atoms with Crippen LogP contribution >= 0.6 is 0 Å². The normalized spacial score (nSPS) is 19.2. The number of hydrogen-bond donors (Lipinski definition) is 2. The molecule has 1 aromatic carbocycles.